The van der Waals surface area contributed by atoms with Crippen molar-refractivity contribution in [3.63, 3.8) is 0 Å². The average molecular weight is 432 g/mol. The molecule has 11 heteroatoms. The van der Waals surface area contributed by atoms with E-state index >= 15 is 0 Å². The minimum Gasteiger partial charge on any atom is -0.463 e. The summed E-state index contributed by atoms with van der Waals surface area (Å²) in [4.78, 5) is 47.8. The van der Waals surface area contributed by atoms with Crippen LogP contribution >= 0.6 is 0 Å². The van der Waals surface area contributed by atoms with E-state index in [1.807, 2.05) is 0 Å². The molecule has 0 aliphatic carbocycles. The molecule has 0 saturated carbocycles. The third-order valence-corrected chi connectivity index (χ3v) is 4.16. The number of amides is 1. The molecule has 1 amide bonds. The van der Waals surface area contributed by atoms with Gasteiger partial charge in [-0.25, -0.2) is 4.68 Å². The van der Waals surface area contributed by atoms with Crippen molar-refractivity contribution in [1.82, 2.24) is 15.1 Å². The lowest BCUT2D eigenvalue weighted by Crippen LogP contribution is -2.34. The summed E-state index contributed by atoms with van der Waals surface area (Å²) in [5.41, 5.74) is -0.599. The van der Waals surface area contributed by atoms with E-state index in [2.05, 4.69) is 10.4 Å². The van der Waals surface area contributed by atoms with Gasteiger partial charge in [-0.05, 0) is 19.9 Å². The van der Waals surface area contributed by atoms with Crippen molar-refractivity contribution in [3.8, 4) is 0 Å². The number of nitrogens with zero attached hydrogens (tertiary/aromatic N) is 3. The Morgan fingerprint density at radius 3 is 2.58 bits per heavy atom. The molecule has 1 aromatic carbocycles. The number of ether oxygens (including phenoxy) is 2. The van der Waals surface area contributed by atoms with Gasteiger partial charge in [-0.3, -0.25) is 24.5 Å². The highest BCUT2D eigenvalue weighted by Crippen LogP contribution is 2.27. The maximum atomic E-state index is 12.8. The maximum Gasteiger partial charge on any atom is 0.308 e. The molecule has 0 spiro atoms. The molecule has 0 aliphatic rings. The van der Waals surface area contributed by atoms with Gasteiger partial charge in [-0.15, -0.1) is 0 Å². The molecule has 0 radical (unpaired) electrons. The van der Waals surface area contributed by atoms with Gasteiger partial charge < -0.3 is 14.8 Å². The molecule has 166 valence electrons. The number of esters is 1. The van der Waals surface area contributed by atoms with Crippen molar-refractivity contribution in [2.45, 2.75) is 39.0 Å². The zero-order valence-electron chi connectivity index (χ0n) is 17.4. The molecule has 11 nitrogen and oxygen atoms in total. The molecule has 1 aromatic heterocycles. The van der Waals surface area contributed by atoms with Crippen LogP contribution in [0.15, 0.2) is 41.2 Å². The van der Waals surface area contributed by atoms with Crippen LogP contribution in [0, 0.1) is 10.1 Å². The van der Waals surface area contributed by atoms with Crippen LogP contribution in [-0.4, -0.2) is 46.4 Å². The van der Waals surface area contributed by atoms with Crippen LogP contribution in [0.5, 0.6) is 0 Å². The molecule has 0 bridgehead atoms. The van der Waals surface area contributed by atoms with E-state index in [4.69, 9.17) is 9.47 Å². The summed E-state index contributed by atoms with van der Waals surface area (Å²) in [6, 6.07) is 7.18. The summed E-state index contributed by atoms with van der Waals surface area (Å²) in [5.74, 6) is -1.33. The van der Waals surface area contributed by atoms with Crippen molar-refractivity contribution in [2.75, 3.05) is 13.7 Å². The highest BCUT2D eigenvalue weighted by atomic mass is 16.6. The number of nitro groups is 1. The molecular formula is C20H24N4O7. The Kier molecular flexibility index (Phi) is 8.38. The number of hydrogen-bond acceptors (Lipinski definition) is 8. The smallest absolute Gasteiger partial charge is 0.308 e. The highest BCUT2D eigenvalue weighted by molar-refractivity contribution is 5.92. The van der Waals surface area contributed by atoms with Crippen LogP contribution in [0.3, 0.4) is 0 Å². The molecule has 2 rings (SSSR count). The summed E-state index contributed by atoms with van der Waals surface area (Å²) in [6.45, 7) is 3.70. The third-order valence-electron chi connectivity index (χ3n) is 4.16. The Morgan fingerprint density at radius 1 is 1.23 bits per heavy atom. The SMILES string of the molecule is COCCn1nc(C(=O)NC(CC(=O)OC(C)C)c2ccccc2[N+](=O)[O-])ccc1=O. The third kappa shape index (κ3) is 6.71. The molecule has 1 N–H and O–H groups in total. The van der Waals surface area contributed by atoms with Gasteiger partial charge in [0.2, 0.25) is 0 Å². The van der Waals surface area contributed by atoms with Crippen molar-refractivity contribution in [3.05, 3.63) is 68.1 Å². The average Bonchev–Trinajstić information content (AvgIpc) is 2.72. The Balaban J connectivity index is 2.35. The predicted octanol–water partition coefficient (Wildman–Crippen LogP) is 1.61. The van der Waals surface area contributed by atoms with Gasteiger partial charge in [-0.2, -0.15) is 5.10 Å². The molecule has 1 atom stereocenters. The van der Waals surface area contributed by atoms with Gasteiger partial charge in [0.15, 0.2) is 0 Å². The van der Waals surface area contributed by atoms with Gasteiger partial charge in [-0.1, -0.05) is 18.2 Å². The second-order valence-electron chi connectivity index (χ2n) is 6.86. The summed E-state index contributed by atoms with van der Waals surface area (Å²) in [7, 11) is 1.47. The zero-order valence-corrected chi connectivity index (χ0v) is 17.4. The van der Waals surface area contributed by atoms with Crippen LogP contribution in [0.1, 0.15) is 42.4 Å². The number of aromatic nitrogens is 2. The fourth-order valence-corrected chi connectivity index (χ4v) is 2.81. The standard InChI is InChI=1S/C20H24N4O7/c1-13(2)31-19(26)12-16(14-6-4-5-7-17(14)24(28)29)21-20(27)15-8-9-18(25)23(22-15)10-11-30-3/h4-9,13,16H,10-12H2,1-3H3,(H,21,27). The molecule has 1 unspecified atom stereocenters. The Bertz CT molecular complexity index is 1000. The molecule has 0 aliphatic heterocycles. The molecule has 2 aromatic rings. The van der Waals surface area contributed by atoms with Gasteiger partial charge in [0.25, 0.3) is 17.2 Å². The zero-order chi connectivity index (χ0) is 23.0. The highest BCUT2D eigenvalue weighted by Gasteiger charge is 2.27. The molecule has 1 heterocycles. The number of methoxy groups -OCH3 is 1. The number of nitro benzene ring substituents is 1. The number of carbonyl (C=O) groups is 2. The van der Waals surface area contributed by atoms with Crippen molar-refractivity contribution < 1.29 is 24.0 Å². The fraction of sp³-hybridized carbons (Fsp3) is 0.400. The number of nitrogens with one attached hydrogen (secondary N) is 1. The van der Waals surface area contributed by atoms with Crippen molar-refractivity contribution >= 4 is 17.6 Å². The Labute approximate surface area is 178 Å². The summed E-state index contributed by atoms with van der Waals surface area (Å²) < 4.78 is 11.1. The van der Waals surface area contributed by atoms with Crippen molar-refractivity contribution in [1.29, 1.82) is 0 Å². The molecule has 31 heavy (non-hydrogen) atoms. The summed E-state index contributed by atoms with van der Waals surface area (Å²) in [5, 5.41) is 18.0. The van der Waals surface area contributed by atoms with E-state index in [9.17, 15) is 24.5 Å². The number of benzene rings is 1. The van der Waals surface area contributed by atoms with E-state index in [1.54, 1.807) is 19.9 Å². The quantitative estimate of drug-likeness (QED) is 0.339. The van der Waals surface area contributed by atoms with Crippen LogP contribution in [-0.2, 0) is 20.8 Å². The first kappa shape index (κ1) is 23.7. The topological polar surface area (TPSA) is 143 Å². The number of carbonyl (C=O) groups excluding carboxylic acids is 2. The molecule has 0 saturated heterocycles. The first-order valence-corrected chi connectivity index (χ1v) is 9.53. The van der Waals surface area contributed by atoms with E-state index < -0.39 is 28.4 Å². The van der Waals surface area contributed by atoms with Crippen LogP contribution in [0.4, 0.5) is 5.69 Å². The predicted molar refractivity (Wildman–Crippen MR) is 110 cm³/mol. The Hall–Kier alpha value is -3.60. The first-order chi connectivity index (χ1) is 14.7. The maximum absolute atomic E-state index is 12.8. The number of para-hydroxylation sites is 1. The van der Waals surface area contributed by atoms with Crippen molar-refractivity contribution in [2.24, 2.45) is 0 Å². The minimum atomic E-state index is -1.04. The second-order valence-corrected chi connectivity index (χ2v) is 6.86. The van der Waals surface area contributed by atoms with E-state index in [0.29, 0.717) is 0 Å². The Morgan fingerprint density at radius 2 is 1.94 bits per heavy atom. The second kappa shape index (κ2) is 11.0. The lowest BCUT2D eigenvalue weighted by molar-refractivity contribution is -0.385. The minimum absolute atomic E-state index is 0.0866. The van der Waals surface area contributed by atoms with Gasteiger partial charge in [0.05, 0.1) is 42.2 Å². The van der Waals surface area contributed by atoms with Gasteiger partial charge in [0, 0.05) is 19.2 Å². The summed E-state index contributed by atoms with van der Waals surface area (Å²) in [6.07, 6.45) is -0.710. The summed E-state index contributed by atoms with van der Waals surface area (Å²) >= 11 is 0. The van der Waals surface area contributed by atoms with E-state index in [0.717, 1.165) is 4.68 Å². The first-order valence-electron chi connectivity index (χ1n) is 9.53. The van der Waals surface area contributed by atoms with Crippen LogP contribution < -0.4 is 10.9 Å². The molecule has 0 fully saturated rings. The number of rotatable bonds is 10. The number of hydrogen-bond donors (Lipinski definition) is 1. The van der Waals surface area contributed by atoms with Gasteiger partial charge in [0.1, 0.15) is 5.69 Å². The van der Waals surface area contributed by atoms with E-state index in [1.165, 1.54) is 37.4 Å². The van der Waals surface area contributed by atoms with Crippen LogP contribution in [0.25, 0.3) is 0 Å². The lowest BCUT2D eigenvalue weighted by Gasteiger charge is -2.19. The monoisotopic (exact) mass is 432 g/mol. The van der Waals surface area contributed by atoms with Crippen LogP contribution in [0.2, 0.25) is 0 Å². The normalized spacial score (nSPS) is 11.7. The lowest BCUT2D eigenvalue weighted by atomic mass is 10.0. The molecular weight excluding hydrogens is 408 g/mol. The van der Waals surface area contributed by atoms with E-state index in [-0.39, 0.29) is 42.6 Å². The fourth-order valence-electron chi connectivity index (χ4n) is 2.81. The van der Waals surface area contributed by atoms with Gasteiger partial charge >= 0.3 is 5.97 Å². The largest absolute Gasteiger partial charge is 0.463 e.